The number of ether oxygens (including phenoxy) is 3. The van der Waals surface area contributed by atoms with Gasteiger partial charge in [0.15, 0.2) is 11.5 Å². The number of quaternary nitrogens is 1. The molecule has 4 heteroatoms. The van der Waals surface area contributed by atoms with Crippen LogP contribution in [0.2, 0.25) is 0 Å². The SMILES string of the molecule is CC(C)Oc1ccccc1OCCOCC[NH2+]C(C)(C)C. The van der Waals surface area contributed by atoms with Crippen molar-refractivity contribution in [1.82, 2.24) is 0 Å². The monoisotopic (exact) mass is 296 g/mol. The van der Waals surface area contributed by atoms with Crippen molar-refractivity contribution >= 4 is 0 Å². The molecule has 0 amide bonds. The van der Waals surface area contributed by atoms with Crippen LogP contribution in [0.3, 0.4) is 0 Å². The van der Waals surface area contributed by atoms with Gasteiger partial charge in [0.2, 0.25) is 0 Å². The van der Waals surface area contributed by atoms with Gasteiger partial charge in [-0.1, -0.05) is 12.1 Å². The van der Waals surface area contributed by atoms with Gasteiger partial charge < -0.3 is 19.5 Å². The molecule has 0 atom stereocenters. The maximum absolute atomic E-state index is 5.73. The first kappa shape index (κ1) is 17.8. The van der Waals surface area contributed by atoms with Crippen molar-refractivity contribution in [1.29, 1.82) is 0 Å². The summed E-state index contributed by atoms with van der Waals surface area (Å²) in [6.07, 6.45) is 0.138. The van der Waals surface area contributed by atoms with Crippen LogP contribution in [0.5, 0.6) is 11.5 Å². The highest BCUT2D eigenvalue weighted by molar-refractivity contribution is 5.39. The van der Waals surface area contributed by atoms with Crippen LogP contribution in [0.4, 0.5) is 0 Å². The number of para-hydroxylation sites is 2. The Morgan fingerprint density at radius 3 is 2.29 bits per heavy atom. The summed E-state index contributed by atoms with van der Waals surface area (Å²) in [6, 6.07) is 7.74. The second kappa shape index (κ2) is 8.90. The average molecular weight is 296 g/mol. The molecule has 2 N–H and O–H groups in total. The molecule has 1 rings (SSSR count). The van der Waals surface area contributed by atoms with Crippen LogP contribution in [0.1, 0.15) is 34.6 Å². The first-order valence-corrected chi connectivity index (χ1v) is 7.69. The van der Waals surface area contributed by atoms with E-state index in [4.69, 9.17) is 14.2 Å². The van der Waals surface area contributed by atoms with Crippen LogP contribution in [0.15, 0.2) is 24.3 Å². The first-order chi connectivity index (χ1) is 9.88. The van der Waals surface area contributed by atoms with Gasteiger partial charge in [-0.3, -0.25) is 0 Å². The summed E-state index contributed by atoms with van der Waals surface area (Å²) in [6.45, 7) is 13.4. The molecule has 1 aromatic rings. The van der Waals surface area contributed by atoms with Crippen molar-refractivity contribution in [2.45, 2.75) is 46.3 Å². The molecule has 0 bridgehead atoms. The molecule has 0 radical (unpaired) electrons. The summed E-state index contributed by atoms with van der Waals surface area (Å²) in [5, 5.41) is 2.28. The lowest BCUT2D eigenvalue weighted by atomic mass is 10.1. The quantitative estimate of drug-likeness (QED) is 0.711. The number of hydrogen-bond donors (Lipinski definition) is 1. The molecule has 120 valence electrons. The highest BCUT2D eigenvalue weighted by Gasteiger charge is 2.11. The van der Waals surface area contributed by atoms with Gasteiger partial charge in [-0.2, -0.15) is 0 Å². The van der Waals surface area contributed by atoms with Crippen molar-refractivity contribution < 1.29 is 19.5 Å². The third kappa shape index (κ3) is 8.58. The van der Waals surface area contributed by atoms with E-state index in [-0.39, 0.29) is 11.6 Å². The highest BCUT2D eigenvalue weighted by Crippen LogP contribution is 2.27. The third-order valence-electron chi connectivity index (χ3n) is 2.72. The average Bonchev–Trinajstić information content (AvgIpc) is 2.37. The van der Waals surface area contributed by atoms with Gasteiger partial charge in [0.05, 0.1) is 31.4 Å². The second-order valence-corrected chi connectivity index (χ2v) is 6.43. The minimum absolute atomic E-state index is 0.138. The fourth-order valence-corrected chi connectivity index (χ4v) is 1.81. The number of benzene rings is 1. The van der Waals surface area contributed by atoms with Crippen LogP contribution in [-0.4, -0.2) is 38.0 Å². The van der Waals surface area contributed by atoms with E-state index < -0.39 is 0 Å². The summed E-state index contributed by atoms with van der Waals surface area (Å²) < 4.78 is 17.0. The molecule has 0 saturated heterocycles. The van der Waals surface area contributed by atoms with Crippen LogP contribution >= 0.6 is 0 Å². The third-order valence-corrected chi connectivity index (χ3v) is 2.72. The van der Waals surface area contributed by atoms with Crippen molar-refractivity contribution in [3.8, 4) is 11.5 Å². The van der Waals surface area contributed by atoms with Gasteiger partial charge in [-0.05, 0) is 46.8 Å². The molecule has 4 nitrogen and oxygen atoms in total. The molecule has 0 aromatic heterocycles. The Morgan fingerprint density at radius 2 is 1.67 bits per heavy atom. The van der Waals surface area contributed by atoms with Crippen molar-refractivity contribution in [2.75, 3.05) is 26.4 Å². The summed E-state index contributed by atoms with van der Waals surface area (Å²) >= 11 is 0. The van der Waals surface area contributed by atoms with E-state index in [1.807, 2.05) is 38.1 Å². The molecule has 0 fully saturated rings. The van der Waals surface area contributed by atoms with Crippen LogP contribution in [0.25, 0.3) is 0 Å². The zero-order chi connectivity index (χ0) is 15.7. The molecule has 0 aliphatic heterocycles. The van der Waals surface area contributed by atoms with Crippen molar-refractivity contribution in [2.24, 2.45) is 0 Å². The van der Waals surface area contributed by atoms with E-state index in [1.165, 1.54) is 0 Å². The Balaban J connectivity index is 2.21. The minimum Gasteiger partial charge on any atom is -0.487 e. The lowest BCUT2D eigenvalue weighted by Gasteiger charge is -2.17. The Bertz CT molecular complexity index is 399. The summed E-state index contributed by atoms with van der Waals surface area (Å²) in [4.78, 5) is 0. The smallest absolute Gasteiger partial charge is 0.161 e. The maximum Gasteiger partial charge on any atom is 0.161 e. The molecule has 0 spiro atoms. The Kier molecular flexibility index (Phi) is 7.54. The van der Waals surface area contributed by atoms with Gasteiger partial charge in [0.25, 0.3) is 0 Å². The largest absolute Gasteiger partial charge is 0.487 e. The number of rotatable bonds is 9. The highest BCUT2D eigenvalue weighted by atomic mass is 16.5. The molecule has 0 unspecified atom stereocenters. The fourth-order valence-electron chi connectivity index (χ4n) is 1.81. The predicted octanol–water partition coefficient (Wildman–Crippen LogP) is 2.23. The fraction of sp³-hybridized carbons (Fsp3) is 0.647. The van der Waals surface area contributed by atoms with Crippen LogP contribution < -0.4 is 14.8 Å². The molecule has 21 heavy (non-hydrogen) atoms. The molecule has 0 heterocycles. The second-order valence-electron chi connectivity index (χ2n) is 6.43. The standard InChI is InChI=1S/C17H29NO3/c1-14(2)21-16-9-7-6-8-15(16)20-13-12-19-11-10-18-17(3,4)5/h6-9,14,18H,10-13H2,1-5H3/p+1. The maximum atomic E-state index is 5.73. The number of nitrogens with two attached hydrogens (primary N) is 1. The Hall–Kier alpha value is -1.26. The van der Waals surface area contributed by atoms with E-state index in [9.17, 15) is 0 Å². The van der Waals surface area contributed by atoms with Gasteiger partial charge in [0.1, 0.15) is 6.61 Å². The minimum atomic E-state index is 0.138. The topological polar surface area (TPSA) is 44.3 Å². The molecule has 0 saturated carbocycles. The normalized spacial score (nSPS) is 11.7. The van der Waals surface area contributed by atoms with Crippen molar-refractivity contribution in [3.05, 3.63) is 24.3 Å². The van der Waals surface area contributed by atoms with Crippen LogP contribution in [0, 0.1) is 0 Å². The molecule has 1 aromatic carbocycles. The van der Waals surface area contributed by atoms with Gasteiger partial charge in [0, 0.05) is 0 Å². The van der Waals surface area contributed by atoms with E-state index >= 15 is 0 Å². The van der Waals surface area contributed by atoms with E-state index in [1.54, 1.807) is 0 Å². The lowest BCUT2D eigenvalue weighted by molar-refractivity contribution is -0.718. The zero-order valence-corrected chi connectivity index (χ0v) is 14.0. The molecule has 0 aliphatic carbocycles. The van der Waals surface area contributed by atoms with Gasteiger partial charge >= 0.3 is 0 Å². The summed E-state index contributed by atoms with van der Waals surface area (Å²) in [7, 11) is 0. The van der Waals surface area contributed by atoms with E-state index in [0.29, 0.717) is 13.2 Å². The Labute approximate surface area is 128 Å². The van der Waals surface area contributed by atoms with Gasteiger partial charge in [-0.15, -0.1) is 0 Å². The predicted molar refractivity (Wildman–Crippen MR) is 85.1 cm³/mol. The van der Waals surface area contributed by atoms with Gasteiger partial charge in [-0.25, -0.2) is 0 Å². The van der Waals surface area contributed by atoms with E-state index in [2.05, 4.69) is 26.1 Å². The van der Waals surface area contributed by atoms with Crippen molar-refractivity contribution in [3.63, 3.8) is 0 Å². The Morgan fingerprint density at radius 1 is 1.00 bits per heavy atom. The first-order valence-electron chi connectivity index (χ1n) is 7.69. The molecular formula is C17H30NO3+. The summed E-state index contributed by atoms with van der Waals surface area (Å²) in [5.74, 6) is 1.56. The number of hydrogen-bond acceptors (Lipinski definition) is 3. The lowest BCUT2D eigenvalue weighted by Crippen LogP contribution is -2.95. The summed E-state index contributed by atoms with van der Waals surface area (Å²) in [5.41, 5.74) is 0.257. The molecular weight excluding hydrogens is 266 g/mol. The van der Waals surface area contributed by atoms with Crippen LogP contribution in [-0.2, 0) is 4.74 Å². The van der Waals surface area contributed by atoms with E-state index in [0.717, 1.165) is 24.7 Å². The zero-order valence-electron chi connectivity index (χ0n) is 14.0. The molecule has 0 aliphatic rings.